The highest BCUT2D eigenvalue weighted by Gasteiger charge is 2.21. The fourth-order valence-corrected chi connectivity index (χ4v) is 2.78. The van der Waals surface area contributed by atoms with Gasteiger partial charge in [-0.3, -0.25) is 4.79 Å². The number of carbonyl (C=O) groups excluding carboxylic acids is 1. The minimum atomic E-state index is 0.207. The first kappa shape index (κ1) is 16.2. The first-order valence-corrected chi connectivity index (χ1v) is 8.30. The number of nitrogens with two attached hydrogens (primary N) is 1. The Morgan fingerprint density at radius 2 is 2.00 bits per heavy atom. The number of rotatable bonds is 5. The Bertz CT molecular complexity index is 727. The molecule has 0 unspecified atom stereocenters. The normalized spacial score (nSPS) is 14.5. The number of nitrogen functional groups attached to an aromatic ring is 1. The Labute approximate surface area is 142 Å². The molecule has 1 amide bonds. The van der Waals surface area contributed by atoms with Crippen molar-refractivity contribution in [1.82, 2.24) is 9.97 Å². The van der Waals surface area contributed by atoms with Crippen molar-refractivity contribution in [1.29, 1.82) is 0 Å². The van der Waals surface area contributed by atoms with Crippen molar-refractivity contribution in [3.05, 3.63) is 41.6 Å². The van der Waals surface area contributed by atoms with Crippen LogP contribution in [-0.4, -0.2) is 22.4 Å². The number of nitrogens with zero attached hydrogens (tertiary/aromatic N) is 3. The van der Waals surface area contributed by atoms with Gasteiger partial charge >= 0.3 is 0 Å². The van der Waals surface area contributed by atoms with Gasteiger partial charge in [-0.25, -0.2) is 4.98 Å². The molecule has 1 aliphatic heterocycles. The highest BCUT2D eigenvalue weighted by Crippen LogP contribution is 2.22. The summed E-state index contributed by atoms with van der Waals surface area (Å²) in [5.74, 6) is 1.52. The Morgan fingerprint density at radius 3 is 2.62 bits per heavy atom. The van der Waals surface area contributed by atoms with Gasteiger partial charge in [0.25, 0.3) is 0 Å². The molecule has 1 aromatic carbocycles. The Hall–Kier alpha value is -2.63. The standard InChI is InChI=1S/C18H23N5O/c1-12(2)15-10-16(22-18(19)21-15)20-11-13-5-7-14(8-6-13)23-9-3-4-17(23)24/h5-8,10,12H,3-4,9,11H2,1-2H3,(H3,19,20,21,22). The first-order valence-electron chi connectivity index (χ1n) is 8.30. The van der Waals surface area contributed by atoms with Gasteiger partial charge in [0.2, 0.25) is 11.9 Å². The average molecular weight is 325 g/mol. The maximum atomic E-state index is 11.8. The van der Waals surface area contributed by atoms with Gasteiger partial charge in [-0.1, -0.05) is 26.0 Å². The van der Waals surface area contributed by atoms with Crippen LogP contribution >= 0.6 is 0 Å². The van der Waals surface area contributed by atoms with Gasteiger partial charge < -0.3 is 16.0 Å². The van der Waals surface area contributed by atoms with Gasteiger partial charge in [0.15, 0.2) is 0 Å². The summed E-state index contributed by atoms with van der Waals surface area (Å²) in [6, 6.07) is 9.98. The molecule has 0 aliphatic carbocycles. The summed E-state index contributed by atoms with van der Waals surface area (Å²) in [6.07, 6.45) is 1.59. The number of benzene rings is 1. The molecule has 0 saturated carbocycles. The summed E-state index contributed by atoms with van der Waals surface area (Å²) >= 11 is 0. The number of hydrogen-bond acceptors (Lipinski definition) is 5. The molecular weight excluding hydrogens is 302 g/mol. The van der Waals surface area contributed by atoms with Crippen LogP contribution < -0.4 is 16.0 Å². The van der Waals surface area contributed by atoms with E-state index in [0.717, 1.165) is 35.7 Å². The van der Waals surface area contributed by atoms with Gasteiger partial charge in [0, 0.05) is 31.3 Å². The highest BCUT2D eigenvalue weighted by molar-refractivity contribution is 5.95. The van der Waals surface area contributed by atoms with Crippen molar-refractivity contribution >= 4 is 23.4 Å². The molecule has 0 radical (unpaired) electrons. The molecule has 6 heteroatoms. The molecule has 2 aromatic rings. The van der Waals surface area contributed by atoms with Crippen molar-refractivity contribution in [3.63, 3.8) is 0 Å². The molecule has 2 heterocycles. The molecule has 1 fully saturated rings. The third-order valence-corrected chi connectivity index (χ3v) is 4.15. The van der Waals surface area contributed by atoms with Gasteiger partial charge in [-0.2, -0.15) is 4.98 Å². The lowest BCUT2D eigenvalue weighted by Gasteiger charge is -2.16. The van der Waals surface area contributed by atoms with Crippen LogP contribution in [0.25, 0.3) is 0 Å². The van der Waals surface area contributed by atoms with E-state index in [9.17, 15) is 4.79 Å². The van der Waals surface area contributed by atoms with Crippen LogP contribution in [-0.2, 0) is 11.3 Å². The average Bonchev–Trinajstić information content (AvgIpc) is 2.99. The zero-order valence-electron chi connectivity index (χ0n) is 14.1. The maximum absolute atomic E-state index is 11.8. The summed E-state index contributed by atoms with van der Waals surface area (Å²) in [6.45, 7) is 5.60. The van der Waals surface area contributed by atoms with E-state index in [-0.39, 0.29) is 11.9 Å². The largest absolute Gasteiger partial charge is 0.368 e. The maximum Gasteiger partial charge on any atom is 0.227 e. The summed E-state index contributed by atoms with van der Waals surface area (Å²) in [7, 11) is 0. The molecule has 126 valence electrons. The van der Waals surface area contributed by atoms with E-state index in [1.807, 2.05) is 35.2 Å². The van der Waals surface area contributed by atoms with Crippen LogP contribution in [0.5, 0.6) is 0 Å². The van der Waals surface area contributed by atoms with Crippen LogP contribution in [0, 0.1) is 0 Å². The van der Waals surface area contributed by atoms with Crippen molar-refractivity contribution in [2.45, 2.75) is 39.2 Å². The fraction of sp³-hybridized carbons (Fsp3) is 0.389. The van der Waals surface area contributed by atoms with E-state index in [1.54, 1.807) is 0 Å². The number of amides is 1. The van der Waals surface area contributed by atoms with E-state index in [1.165, 1.54) is 0 Å². The molecule has 24 heavy (non-hydrogen) atoms. The lowest BCUT2D eigenvalue weighted by Crippen LogP contribution is -2.23. The lowest BCUT2D eigenvalue weighted by molar-refractivity contribution is -0.117. The topological polar surface area (TPSA) is 84.1 Å². The highest BCUT2D eigenvalue weighted by atomic mass is 16.2. The van der Waals surface area contributed by atoms with Gasteiger partial charge in [-0.15, -0.1) is 0 Å². The second-order valence-corrected chi connectivity index (χ2v) is 6.36. The van der Waals surface area contributed by atoms with E-state index in [0.29, 0.717) is 18.9 Å². The van der Waals surface area contributed by atoms with Crippen LogP contribution in [0.3, 0.4) is 0 Å². The van der Waals surface area contributed by atoms with Crippen LogP contribution in [0.4, 0.5) is 17.5 Å². The lowest BCUT2D eigenvalue weighted by atomic mass is 10.1. The molecular formula is C18H23N5O. The molecule has 3 rings (SSSR count). The van der Waals surface area contributed by atoms with E-state index in [4.69, 9.17) is 5.73 Å². The molecule has 1 saturated heterocycles. The Morgan fingerprint density at radius 1 is 1.25 bits per heavy atom. The van der Waals surface area contributed by atoms with Crippen molar-refractivity contribution < 1.29 is 4.79 Å². The summed E-state index contributed by atoms with van der Waals surface area (Å²) in [4.78, 5) is 22.1. The second-order valence-electron chi connectivity index (χ2n) is 6.36. The number of carbonyl (C=O) groups is 1. The van der Waals surface area contributed by atoms with Gasteiger partial charge in [-0.05, 0) is 30.0 Å². The number of nitrogens with one attached hydrogen (secondary N) is 1. The Kier molecular flexibility index (Phi) is 4.64. The van der Waals surface area contributed by atoms with Crippen molar-refractivity contribution in [2.24, 2.45) is 0 Å². The molecule has 0 bridgehead atoms. The Balaban J connectivity index is 1.66. The number of anilines is 3. The molecule has 1 aromatic heterocycles. The van der Waals surface area contributed by atoms with E-state index in [2.05, 4.69) is 29.1 Å². The van der Waals surface area contributed by atoms with Crippen LogP contribution in [0.15, 0.2) is 30.3 Å². The predicted octanol–water partition coefficient (Wildman–Crippen LogP) is 2.92. The molecule has 1 aliphatic rings. The van der Waals surface area contributed by atoms with Crippen LogP contribution in [0.2, 0.25) is 0 Å². The second kappa shape index (κ2) is 6.86. The fourth-order valence-electron chi connectivity index (χ4n) is 2.78. The zero-order chi connectivity index (χ0) is 17.1. The molecule has 0 atom stereocenters. The van der Waals surface area contributed by atoms with Gasteiger partial charge in [0.1, 0.15) is 5.82 Å². The molecule has 0 spiro atoms. The third-order valence-electron chi connectivity index (χ3n) is 4.15. The van der Waals surface area contributed by atoms with E-state index < -0.39 is 0 Å². The SMILES string of the molecule is CC(C)c1cc(NCc2ccc(N3CCCC3=O)cc2)nc(N)n1. The van der Waals surface area contributed by atoms with Crippen LogP contribution in [0.1, 0.15) is 43.9 Å². The summed E-state index contributed by atoms with van der Waals surface area (Å²) in [5, 5.41) is 3.28. The summed E-state index contributed by atoms with van der Waals surface area (Å²) < 4.78 is 0. The predicted molar refractivity (Wildman–Crippen MR) is 95.9 cm³/mol. The third kappa shape index (κ3) is 3.64. The van der Waals surface area contributed by atoms with Crippen molar-refractivity contribution in [3.8, 4) is 0 Å². The van der Waals surface area contributed by atoms with Gasteiger partial charge in [0.05, 0.1) is 5.69 Å². The quantitative estimate of drug-likeness (QED) is 0.883. The zero-order valence-corrected chi connectivity index (χ0v) is 14.1. The molecule has 3 N–H and O–H groups in total. The first-order chi connectivity index (χ1) is 11.5. The van der Waals surface area contributed by atoms with E-state index >= 15 is 0 Å². The summed E-state index contributed by atoms with van der Waals surface area (Å²) in [5.41, 5.74) is 8.78. The minimum absolute atomic E-state index is 0.207. The number of aromatic nitrogens is 2. The monoisotopic (exact) mass is 325 g/mol. The smallest absolute Gasteiger partial charge is 0.227 e. The number of hydrogen-bond donors (Lipinski definition) is 2. The molecule has 6 nitrogen and oxygen atoms in total. The minimum Gasteiger partial charge on any atom is -0.368 e. The van der Waals surface area contributed by atoms with Crippen molar-refractivity contribution in [2.75, 3.05) is 22.5 Å².